The first kappa shape index (κ1) is 87.1. The molecule has 92 heavy (non-hydrogen) atoms. The number of hydrogen-bond acceptors (Lipinski definition) is 10. The van der Waals surface area contributed by atoms with Crippen LogP contribution in [-0.2, 0) is 23.8 Å². The van der Waals surface area contributed by atoms with Gasteiger partial charge in [0.2, 0.25) is 5.91 Å². The summed E-state index contributed by atoms with van der Waals surface area (Å²) in [5.41, 5.74) is 0. The Kier molecular flexibility index (Phi) is 65.8. The summed E-state index contributed by atoms with van der Waals surface area (Å²) in [4.78, 5) is 25.1. The quantitative estimate of drug-likeness (QED) is 0.0195. The van der Waals surface area contributed by atoms with Gasteiger partial charge >= 0.3 is 5.97 Å². The van der Waals surface area contributed by atoms with Crippen molar-refractivity contribution in [1.82, 2.24) is 5.32 Å². The molecule has 11 nitrogen and oxygen atoms in total. The number of carbonyl (C=O) groups excluding carboxylic acids is 2. The van der Waals surface area contributed by atoms with Crippen molar-refractivity contribution in [1.29, 1.82) is 0 Å². The van der Waals surface area contributed by atoms with E-state index in [0.29, 0.717) is 19.4 Å². The molecule has 0 aromatic carbocycles. The highest BCUT2D eigenvalue weighted by atomic mass is 16.7. The van der Waals surface area contributed by atoms with Crippen LogP contribution < -0.4 is 5.32 Å². The molecule has 1 rings (SSSR count). The molecule has 1 amide bonds. The molecule has 0 saturated carbocycles. The highest BCUT2D eigenvalue weighted by Gasteiger charge is 2.44. The maximum atomic E-state index is 13.1. The normalized spacial score (nSPS) is 17.9. The predicted octanol–water partition coefficient (Wildman–Crippen LogP) is 21.0. The second-order valence-electron chi connectivity index (χ2n) is 27.0. The summed E-state index contributed by atoms with van der Waals surface area (Å²) in [5, 5.41) is 54.5. The molecule has 0 aromatic rings. The average molecular weight is 1300 g/mol. The Morgan fingerprint density at radius 3 is 1.18 bits per heavy atom. The molecule has 7 unspecified atom stereocenters. The molecule has 0 aliphatic carbocycles. The van der Waals surface area contributed by atoms with Gasteiger partial charge in [-0.2, -0.15) is 0 Å². The molecule has 1 aliphatic heterocycles. The monoisotopic (exact) mass is 1290 g/mol. The van der Waals surface area contributed by atoms with Gasteiger partial charge < -0.3 is 45.1 Å². The van der Waals surface area contributed by atoms with Crippen LogP contribution in [0.15, 0.2) is 72.9 Å². The van der Waals surface area contributed by atoms with Crippen LogP contribution in [0.5, 0.6) is 0 Å². The van der Waals surface area contributed by atoms with Crippen LogP contribution in [0.2, 0.25) is 0 Å². The molecule has 7 atom stereocenters. The van der Waals surface area contributed by atoms with Crippen molar-refractivity contribution in [2.24, 2.45) is 0 Å². The van der Waals surface area contributed by atoms with Crippen LogP contribution in [0.4, 0.5) is 0 Å². The van der Waals surface area contributed by atoms with E-state index in [2.05, 4.69) is 79.9 Å². The van der Waals surface area contributed by atoms with Crippen molar-refractivity contribution >= 4 is 11.9 Å². The van der Waals surface area contributed by atoms with Crippen LogP contribution in [0, 0.1) is 0 Å². The van der Waals surface area contributed by atoms with Gasteiger partial charge in [-0.05, 0) is 103 Å². The number of nitrogens with one attached hydrogen (secondary N) is 1. The fourth-order valence-corrected chi connectivity index (χ4v) is 12.1. The Bertz CT molecular complexity index is 1760. The lowest BCUT2D eigenvalue weighted by molar-refractivity contribution is -0.302. The summed E-state index contributed by atoms with van der Waals surface area (Å²) in [6, 6.07) is -0.826. The topological polar surface area (TPSA) is 175 Å². The number of aliphatic hydroxyl groups is 5. The minimum absolute atomic E-state index is 0.00121. The van der Waals surface area contributed by atoms with E-state index in [4.69, 9.17) is 14.2 Å². The molecular weight excluding hydrogens is 1150 g/mol. The Balaban J connectivity index is 1.91. The van der Waals surface area contributed by atoms with Crippen LogP contribution >= 0.6 is 0 Å². The molecule has 11 heteroatoms. The molecule has 1 fully saturated rings. The van der Waals surface area contributed by atoms with Crippen LogP contribution in [-0.4, -0.2) is 100 Å². The smallest absolute Gasteiger partial charge is 0.305 e. The number of unbranched alkanes of at least 4 members (excludes halogenated alkanes) is 45. The van der Waals surface area contributed by atoms with Gasteiger partial charge in [-0.25, -0.2) is 0 Å². The van der Waals surface area contributed by atoms with E-state index in [-0.39, 0.29) is 18.5 Å². The Morgan fingerprint density at radius 2 is 0.761 bits per heavy atom. The zero-order valence-electron chi connectivity index (χ0n) is 59.8. The van der Waals surface area contributed by atoms with Crippen molar-refractivity contribution in [3.05, 3.63) is 72.9 Å². The van der Waals surface area contributed by atoms with Gasteiger partial charge in [0.15, 0.2) is 6.29 Å². The third-order valence-electron chi connectivity index (χ3n) is 18.2. The van der Waals surface area contributed by atoms with Crippen molar-refractivity contribution < 1.29 is 49.3 Å². The Hall–Kier alpha value is -2.90. The standard InChI is InChI=1S/C81H147NO10/c1-3-5-7-9-11-13-15-44-49-53-57-61-65-69-77(86)90-70-66-62-58-54-50-46-43-41-39-37-35-33-31-29-27-25-23-21-19-17-18-20-22-24-26-28-30-32-34-36-38-40-42-45-48-52-56-60-64-68-76(85)82-73(72-91-81-80(89)79(88)78(87)75(71-83)92-81)74(84)67-63-59-55-51-47-16-14-12-10-8-6-4-2/h7,9,13,15,17-18,21,23,47,51,63,67,73-75,78-81,83-84,87-89H,3-6,8,10-12,14,16,19-20,22,24-46,48-50,52-62,64-66,68-72H2,1-2H3,(H,82,85)/b9-7-,15-13-,18-17-,23-21-,51-47+,67-63+. The number of rotatable bonds is 69. The van der Waals surface area contributed by atoms with Gasteiger partial charge in [-0.3, -0.25) is 9.59 Å². The Labute approximate surface area is 566 Å². The SMILES string of the molecule is CCC/C=C\C/C=C\CCCCCCCC(=O)OCCCCCCCCCCCCCCCCC/C=C\C/C=C\CCCCCCCCCCCCCCCCCCCC(=O)NC(COC1OC(CO)C(O)C(O)C1O)C(O)/C=C/CC/C=C/CCCCCCCC. The number of ether oxygens (including phenoxy) is 3. The third kappa shape index (κ3) is 57.4. The number of aliphatic hydroxyl groups excluding tert-OH is 5. The summed E-state index contributed by atoms with van der Waals surface area (Å²) in [6.45, 7) is 4.28. The number of amides is 1. The summed E-state index contributed by atoms with van der Waals surface area (Å²) in [7, 11) is 0. The molecule has 0 bridgehead atoms. The van der Waals surface area contributed by atoms with E-state index < -0.39 is 49.5 Å². The maximum Gasteiger partial charge on any atom is 0.305 e. The van der Waals surface area contributed by atoms with E-state index in [0.717, 1.165) is 70.6 Å². The fraction of sp³-hybridized carbons (Fsp3) is 0.827. The van der Waals surface area contributed by atoms with Crippen LogP contribution in [0.1, 0.15) is 367 Å². The molecule has 1 aliphatic rings. The third-order valence-corrected chi connectivity index (χ3v) is 18.2. The van der Waals surface area contributed by atoms with E-state index in [1.807, 2.05) is 6.08 Å². The molecule has 1 saturated heterocycles. The van der Waals surface area contributed by atoms with E-state index in [9.17, 15) is 35.1 Å². The molecule has 1 heterocycles. The van der Waals surface area contributed by atoms with Crippen molar-refractivity contribution in [2.45, 2.75) is 410 Å². The molecule has 0 spiro atoms. The second kappa shape index (κ2) is 69.5. The molecule has 0 aromatic heterocycles. The average Bonchev–Trinajstić information content (AvgIpc) is 0.973. The lowest BCUT2D eigenvalue weighted by atomic mass is 9.99. The number of allylic oxidation sites excluding steroid dienone is 11. The van der Waals surface area contributed by atoms with Crippen LogP contribution in [0.3, 0.4) is 0 Å². The maximum absolute atomic E-state index is 13.1. The van der Waals surface area contributed by atoms with Gasteiger partial charge in [0, 0.05) is 12.8 Å². The second-order valence-corrected chi connectivity index (χ2v) is 27.0. The van der Waals surface area contributed by atoms with Gasteiger partial charge in [-0.1, -0.05) is 324 Å². The molecule has 6 N–H and O–H groups in total. The number of hydrogen-bond donors (Lipinski definition) is 6. The largest absolute Gasteiger partial charge is 0.466 e. The van der Waals surface area contributed by atoms with E-state index in [1.54, 1.807) is 6.08 Å². The Morgan fingerprint density at radius 1 is 0.402 bits per heavy atom. The van der Waals surface area contributed by atoms with Crippen molar-refractivity contribution in [3.8, 4) is 0 Å². The van der Waals surface area contributed by atoms with Gasteiger partial charge in [-0.15, -0.1) is 0 Å². The summed E-state index contributed by atoms with van der Waals surface area (Å²) >= 11 is 0. The van der Waals surface area contributed by atoms with Gasteiger partial charge in [0.05, 0.1) is 32.0 Å². The molecular formula is C81H147NO10. The molecule has 0 radical (unpaired) electrons. The lowest BCUT2D eigenvalue weighted by Crippen LogP contribution is -2.60. The molecule has 536 valence electrons. The summed E-state index contributed by atoms with van der Waals surface area (Å²) in [6.07, 6.45) is 85.1. The summed E-state index contributed by atoms with van der Waals surface area (Å²) in [5.74, 6) is -0.190. The van der Waals surface area contributed by atoms with E-state index >= 15 is 0 Å². The van der Waals surface area contributed by atoms with Gasteiger partial charge in [0.25, 0.3) is 0 Å². The highest BCUT2D eigenvalue weighted by Crippen LogP contribution is 2.23. The van der Waals surface area contributed by atoms with Gasteiger partial charge in [0.1, 0.15) is 24.4 Å². The van der Waals surface area contributed by atoms with Crippen molar-refractivity contribution in [3.63, 3.8) is 0 Å². The zero-order valence-corrected chi connectivity index (χ0v) is 59.8. The predicted molar refractivity (Wildman–Crippen MR) is 389 cm³/mol. The minimum atomic E-state index is -1.58. The van der Waals surface area contributed by atoms with Crippen LogP contribution in [0.25, 0.3) is 0 Å². The first-order valence-electron chi connectivity index (χ1n) is 39.2. The zero-order chi connectivity index (χ0) is 66.5. The first-order chi connectivity index (χ1) is 45.2. The fourth-order valence-electron chi connectivity index (χ4n) is 12.1. The highest BCUT2D eigenvalue weighted by molar-refractivity contribution is 5.76. The minimum Gasteiger partial charge on any atom is -0.466 e. The summed E-state index contributed by atoms with van der Waals surface area (Å²) < 4.78 is 16.7. The van der Waals surface area contributed by atoms with E-state index in [1.165, 1.54) is 270 Å². The lowest BCUT2D eigenvalue weighted by Gasteiger charge is -2.40. The van der Waals surface area contributed by atoms with Crippen molar-refractivity contribution in [2.75, 3.05) is 19.8 Å². The number of esters is 1. The first-order valence-corrected chi connectivity index (χ1v) is 39.2. The number of carbonyl (C=O) groups is 2.